The summed E-state index contributed by atoms with van der Waals surface area (Å²) in [7, 11) is 0. The molecular formula is C18H18N2O2. The molecule has 112 valence electrons. The maximum absolute atomic E-state index is 11.4. The van der Waals surface area contributed by atoms with Gasteiger partial charge < -0.3 is 9.30 Å². The van der Waals surface area contributed by atoms with Gasteiger partial charge in [0, 0.05) is 32.3 Å². The van der Waals surface area contributed by atoms with Crippen LogP contribution in [0.2, 0.25) is 0 Å². The Hall–Kier alpha value is -2.62. The van der Waals surface area contributed by atoms with E-state index in [4.69, 9.17) is 4.74 Å². The molecule has 22 heavy (non-hydrogen) atoms. The van der Waals surface area contributed by atoms with Gasteiger partial charge in [0.1, 0.15) is 6.10 Å². The van der Waals surface area contributed by atoms with Crippen molar-refractivity contribution in [3.63, 3.8) is 0 Å². The van der Waals surface area contributed by atoms with E-state index in [-0.39, 0.29) is 12.1 Å². The number of imidazole rings is 1. The highest BCUT2D eigenvalue weighted by atomic mass is 16.5. The lowest BCUT2D eigenvalue weighted by atomic mass is 10.0. The van der Waals surface area contributed by atoms with Gasteiger partial charge >= 0.3 is 5.97 Å². The molecule has 3 rings (SSSR count). The molecule has 3 aromatic rings. The minimum Gasteiger partial charge on any atom is -0.458 e. The second kappa shape index (κ2) is 6.43. The maximum atomic E-state index is 11.4. The van der Waals surface area contributed by atoms with Gasteiger partial charge in [-0.2, -0.15) is 0 Å². The molecule has 0 bridgehead atoms. The number of hydrogen-bond donors (Lipinski definition) is 0. The zero-order chi connectivity index (χ0) is 15.4. The van der Waals surface area contributed by atoms with Crippen LogP contribution in [0.15, 0.2) is 61.2 Å². The summed E-state index contributed by atoms with van der Waals surface area (Å²) in [6.07, 6.45) is 5.89. The fourth-order valence-electron chi connectivity index (χ4n) is 2.59. The van der Waals surface area contributed by atoms with E-state index in [1.165, 1.54) is 12.3 Å². The van der Waals surface area contributed by atoms with Crippen LogP contribution in [0, 0.1) is 0 Å². The third-order valence-corrected chi connectivity index (χ3v) is 3.66. The molecule has 1 heterocycles. The molecule has 4 heteroatoms. The number of carbonyl (C=O) groups is 1. The fourth-order valence-corrected chi connectivity index (χ4v) is 2.59. The van der Waals surface area contributed by atoms with Crippen molar-refractivity contribution in [3.05, 3.63) is 66.7 Å². The predicted molar refractivity (Wildman–Crippen MR) is 85.3 cm³/mol. The molecule has 0 aliphatic carbocycles. The molecule has 1 aromatic heterocycles. The van der Waals surface area contributed by atoms with Crippen LogP contribution in [0.5, 0.6) is 0 Å². The summed E-state index contributed by atoms with van der Waals surface area (Å²) in [5, 5.41) is 2.34. The Labute approximate surface area is 129 Å². The number of hydrogen-bond acceptors (Lipinski definition) is 3. The van der Waals surface area contributed by atoms with Gasteiger partial charge in [0.25, 0.3) is 0 Å². The number of aromatic nitrogens is 2. The lowest BCUT2D eigenvalue weighted by Gasteiger charge is -2.18. The molecule has 0 aliphatic heterocycles. The van der Waals surface area contributed by atoms with Gasteiger partial charge in [0.15, 0.2) is 0 Å². The van der Waals surface area contributed by atoms with Gasteiger partial charge in [-0.05, 0) is 22.4 Å². The van der Waals surface area contributed by atoms with E-state index < -0.39 is 0 Å². The van der Waals surface area contributed by atoms with Crippen molar-refractivity contribution in [1.82, 2.24) is 9.55 Å². The summed E-state index contributed by atoms with van der Waals surface area (Å²) in [5.74, 6) is -0.260. The van der Waals surface area contributed by atoms with Crippen LogP contribution in [0.3, 0.4) is 0 Å². The summed E-state index contributed by atoms with van der Waals surface area (Å²) in [4.78, 5) is 15.4. The Morgan fingerprint density at radius 2 is 2.05 bits per heavy atom. The number of carbonyl (C=O) groups excluding carboxylic acids is 1. The summed E-state index contributed by atoms with van der Waals surface area (Å²) in [5.41, 5.74) is 1.02. The molecule has 0 amide bonds. The van der Waals surface area contributed by atoms with Crippen LogP contribution in [0.1, 0.15) is 25.0 Å². The third-order valence-electron chi connectivity index (χ3n) is 3.66. The van der Waals surface area contributed by atoms with Gasteiger partial charge in [-0.3, -0.25) is 4.79 Å². The summed E-state index contributed by atoms with van der Waals surface area (Å²) >= 11 is 0. The van der Waals surface area contributed by atoms with Crippen LogP contribution in [0.4, 0.5) is 0 Å². The van der Waals surface area contributed by atoms with Gasteiger partial charge in [-0.1, -0.05) is 36.4 Å². The number of fused-ring (bicyclic) bond motifs is 1. The van der Waals surface area contributed by atoms with E-state index in [9.17, 15) is 4.79 Å². The molecule has 0 radical (unpaired) electrons. The normalized spacial score (nSPS) is 12.2. The molecule has 4 nitrogen and oxygen atoms in total. The smallest absolute Gasteiger partial charge is 0.303 e. The second-order valence-corrected chi connectivity index (χ2v) is 5.29. The van der Waals surface area contributed by atoms with Gasteiger partial charge in [0.2, 0.25) is 0 Å². The molecule has 0 aliphatic rings. The van der Waals surface area contributed by atoms with E-state index in [2.05, 4.69) is 29.2 Å². The van der Waals surface area contributed by atoms with E-state index >= 15 is 0 Å². The van der Waals surface area contributed by atoms with E-state index in [1.54, 1.807) is 12.5 Å². The minimum atomic E-state index is -0.260. The minimum absolute atomic E-state index is 0.246. The van der Waals surface area contributed by atoms with E-state index in [1.807, 2.05) is 29.0 Å². The third kappa shape index (κ3) is 3.34. The van der Waals surface area contributed by atoms with Crippen LogP contribution in [0.25, 0.3) is 10.8 Å². The molecule has 0 fully saturated rings. The Bertz CT molecular complexity index is 766. The van der Waals surface area contributed by atoms with Gasteiger partial charge in [0.05, 0.1) is 6.33 Å². The van der Waals surface area contributed by atoms with Crippen molar-refractivity contribution in [2.24, 2.45) is 0 Å². The number of esters is 1. The highest BCUT2D eigenvalue weighted by molar-refractivity contribution is 5.83. The molecule has 1 atom stereocenters. The topological polar surface area (TPSA) is 44.1 Å². The summed E-state index contributed by atoms with van der Waals surface area (Å²) in [6, 6.07) is 14.4. The zero-order valence-corrected chi connectivity index (χ0v) is 12.5. The Morgan fingerprint density at radius 3 is 2.77 bits per heavy atom. The lowest BCUT2D eigenvalue weighted by molar-refractivity contribution is -0.147. The number of benzene rings is 2. The summed E-state index contributed by atoms with van der Waals surface area (Å²) < 4.78 is 7.49. The average molecular weight is 294 g/mol. The monoisotopic (exact) mass is 294 g/mol. The molecule has 0 saturated heterocycles. The maximum Gasteiger partial charge on any atom is 0.303 e. The van der Waals surface area contributed by atoms with Crippen molar-refractivity contribution < 1.29 is 9.53 Å². The molecule has 0 N–H and O–H groups in total. The molecular weight excluding hydrogens is 276 g/mol. The number of nitrogens with zero attached hydrogens (tertiary/aromatic N) is 2. The first-order valence-electron chi connectivity index (χ1n) is 7.34. The molecule has 2 aromatic carbocycles. The average Bonchev–Trinajstić information content (AvgIpc) is 3.04. The van der Waals surface area contributed by atoms with E-state index in [0.29, 0.717) is 6.42 Å². The summed E-state index contributed by atoms with van der Waals surface area (Å²) in [6.45, 7) is 2.20. The molecule has 0 spiro atoms. The van der Waals surface area contributed by atoms with Gasteiger partial charge in [-0.25, -0.2) is 4.98 Å². The highest BCUT2D eigenvalue weighted by Gasteiger charge is 2.15. The van der Waals surface area contributed by atoms with Gasteiger partial charge in [-0.15, -0.1) is 0 Å². The predicted octanol–water partition coefficient (Wildman–Crippen LogP) is 3.73. The van der Waals surface area contributed by atoms with Crippen molar-refractivity contribution in [2.45, 2.75) is 26.0 Å². The van der Waals surface area contributed by atoms with Crippen LogP contribution >= 0.6 is 0 Å². The number of rotatable bonds is 5. The standard InChI is InChI=1S/C18H18N2O2/c1-14(21)22-18(8-10-20-11-9-19-13-20)17-7-6-15-4-2-3-5-16(15)12-17/h2-7,9,11-13,18H,8,10H2,1H3. The van der Waals surface area contributed by atoms with Crippen molar-refractivity contribution in [3.8, 4) is 0 Å². The fraction of sp³-hybridized carbons (Fsp3) is 0.222. The zero-order valence-electron chi connectivity index (χ0n) is 12.5. The van der Waals surface area contributed by atoms with Crippen molar-refractivity contribution in [2.75, 3.05) is 0 Å². The van der Waals surface area contributed by atoms with Crippen LogP contribution in [-0.2, 0) is 16.1 Å². The Kier molecular flexibility index (Phi) is 4.19. The number of aryl methyl sites for hydroxylation is 1. The quantitative estimate of drug-likeness (QED) is 0.673. The number of ether oxygens (including phenoxy) is 1. The molecule has 1 unspecified atom stereocenters. The Morgan fingerprint density at radius 1 is 1.23 bits per heavy atom. The van der Waals surface area contributed by atoms with Crippen LogP contribution < -0.4 is 0 Å². The van der Waals surface area contributed by atoms with Crippen LogP contribution in [-0.4, -0.2) is 15.5 Å². The first-order chi connectivity index (χ1) is 10.7. The lowest BCUT2D eigenvalue weighted by Crippen LogP contribution is -2.11. The SMILES string of the molecule is CC(=O)OC(CCn1ccnc1)c1ccc2ccccc2c1. The largest absolute Gasteiger partial charge is 0.458 e. The second-order valence-electron chi connectivity index (χ2n) is 5.29. The first kappa shape index (κ1) is 14.3. The van der Waals surface area contributed by atoms with Crippen molar-refractivity contribution >= 4 is 16.7 Å². The Balaban J connectivity index is 1.84. The van der Waals surface area contributed by atoms with Crippen molar-refractivity contribution in [1.29, 1.82) is 0 Å². The first-order valence-corrected chi connectivity index (χ1v) is 7.34. The highest BCUT2D eigenvalue weighted by Crippen LogP contribution is 2.26. The molecule has 0 saturated carbocycles. The van der Waals surface area contributed by atoms with E-state index in [0.717, 1.165) is 17.5 Å².